The number of rotatable bonds is 3. The summed E-state index contributed by atoms with van der Waals surface area (Å²) in [7, 11) is 0. The van der Waals surface area contributed by atoms with Crippen LogP contribution in [0.2, 0.25) is 5.02 Å². The number of benzene rings is 2. The second-order valence-electron chi connectivity index (χ2n) is 3.84. The summed E-state index contributed by atoms with van der Waals surface area (Å²) < 4.78 is 39.7. The monoisotopic (exact) mass is 349 g/mol. The SMILES string of the molecule is Fc1ccc(CNc2cc(F)c(Br)cc2F)c(Cl)c1. The van der Waals surface area contributed by atoms with E-state index >= 15 is 0 Å². The van der Waals surface area contributed by atoms with Gasteiger partial charge in [0.05, 0.1) is 10.2 Å². The van der Waals surface area contributed by atoms with Gasteiger partial charge in [-0.05, 0) is 39.7 Å². The lowest BCUT2D eigenvalue weighted by molar-refractivity contribution is 0.596. The first kappa shape index (κ1) is 14.2. The Morgan fingerprint density at radius 2 is 1.79 bits per heavy atom. The average molecular weight is 351 g/mol. The third-order valence-corrected chi connectivity index (χ3v) is 3.45. The minimum absolute atomic E-state index is 0.0149. The molecular formula is C13H8BrClF3N. The molecule has 0 unspecified atom stereocenters. The molecule has 0 amide bonds. The topological polar surface area (TPSA) is 12.0 Å². The first-order valence-corrected chi connectivity index (χ1v) is 6.47. The molecule has 0 radical (unpaired) electrons. The molecule has 0 spiro atoms. The van der Waals surface area contributed by atoms with E-state index in [1.54, 1.807) is 0 Å². The quantitative estimate of drug-likeness (QED) is 0.757. The molecule has 0 aromatic heterocycles. The van der Waals surface area contributed by atoms with Gasteiger partial charge in [-0.25, -0.2) is 13.2 Å². The maximum Gasteiger partial charge on any atom is 0.147 e. The predicted octanol–water partition coefficient (Wildman–Crippen LogP) is 5.13. The van der Waals surface area contributed by atoms with Crippen LogP contribution in [0.15, 0.2) is 34.8 Å². The van der Waals surface area contributed by atoms with Crippen molar-refractivity contribution in [3.05, 3.63) is 62.8 Å². The van der Waals surface area contributed by atoms with E-state index in [1.165, 1.54) is 12.1 Å². The van der Waals surface area contributed by atoms with Crippen molar-refractivity contribution in [2.75, 3.05) is 5.32 Å². The van der Waals surface area contributed by atoms with Crippen molar-refractivity contribution in [2.45, 2.75) is 6.54 Å². The van der Waals surface area contributed by atoms with Gasteiger partial charge in [0, 0.05) is 17.6 Å². The minimum atomic E-state index is -0.591. The molecule has 100 valence electrons. The van der Waals surface area contributed by atoms with Crippen molar-refractivity contribution in [3.8, 4) is 0 Å². The smallest absolute Gasteiger partial charge is 0.147 e. The highest BCUT2D eigenvalue weighted by Crippen LogP contribution is 2.25. The molecule has 0 fully saturated rings. The lowest BCUT2D eigenvalue weighted by Crippen LogP contribution is -2.03. The van der Waals surface area contributed by atoms with Gasteiger partial charge < -0.3 is 5.32 Å². The van der Waals surface area contributed by atoms with Crippen molar-refractivity contribution in [2.24, 2.45) is 0 Å². The minimum Gasteiger partial charge on any atom is -0.378 e. The van der Waals surface area contributed by atoms with Crippen LogP contribution in [0, 0.1) is 17.5 Å². The maximum absolute atomic E-state index is 13.5. The van der Waals surface area contributed by atoms with E-state index in [1.807, 2.05) is 0 Å². The van der Waals surface area contributed by atoms with Gasteiger partial charge in [0.25, 0.3) is 0 Å². The van der Waals surface area contributed by atoms with E-state index in [-0.39, 0.29) is 21.7 Å². The summed E-state index contributed by atoms with van der Waals surface area (Å²) >= 11 is 8.73. The first-order chi connectivity index (χ1) is 8.97. The van der Waals surface area contributed by atoms with E-state index in [0.29, 0.717) is 5.56 Å². The van der Waals surface area contributed by atoms with Crippen LogP contribution in [0.5, 0.6) is 0 Å². The van der Waals surface area contributed by atoms with Gasteiger partial charge in [0.2, 0.25) is 0 Å². The molecule has 1 nitrogen and oxygen atoms in total. The van der Waals surface area contributed by atoms with Crippen LogP contribution in [0.3, 0.4) is 0 Å². The number of nitrogens with one attached hydrogen (secondary N) is 1. The van der Waals surface area contributed by atoms with Crippen LogP contribution in [0.4, 0.5) is 18.9 Å². The Morgan fingerprint density at radius 1 is 1.05 bits per heavy atom. The molecule has 19 heavy (non-hydrogen) atoms. The van der Waals surface area contributed by atoms with Gasteiger partial charge in [-0.15, -0.1) is 0 Å². The van der Waals surface area contributed by atoms with Crippen molar-refractivity contribution in [1.82, 2.24) is 0 Å². The standard InChI is InChI=1S/C13H8BrClF3N/c14-9-4-12(18)13(5-11(9)17)19-6-7-1-2-8(16)3-10(7)15/h1-5,19H,6H2. The second kappa shape index (κ2) is 5.84. The number of hydrogen-bond acceptors (Lipinski definition) is 1. The van der Waals surface area contributed by atoms with E-state index in [4.69, 9.17) is 11.6 Å². The molecule has 0 aliphatic heterocycles. The lowest BCUT2D eigenvalue weighted by Gasteiger charge is -2.10. The molecule has 0 atom stereocenters. The Bertz CT molecular complexity index is 619. The van der Waals surface area contributed by atoms with Crippen LogP contribution >= 0.6 is 27.5 Å². The average Bonchev–Trinajstić information content (AvgIpc) is 2.34. The normalized spacial score (nSPS) is 10.6. The summed E-state index contributed by atoms with van der Waals surface area (Å²) in [5, 5.41) is 2.94. The van der Waals surface area contributed by atoms with Crippen molar-refractivity contribution in [1.29, 1.82) is 0 Å². The molecule has 0 aliphatic rings. The van der Waals surface area contributed by atoms with Crippen LogP contribution in [-0.4, -0.2) is 0 Å². The highest BCUT2D eigenvalue weighted by atomic mass is 79.9. The summed E-state index contributed by atoms with van der Waals surface area (Å²) in [6.45, 7) is 0.164. The zero-order valence-electron chi connectivity index (χ0n) is 9.48. The van der Waals surface area contributed by atoms with Crippen molar-refractivity contribution in [3.63, 3.8) is 0 Å². The van der Waals surface area contributed by atoms with Gasteiger partial charge in [0.15, 0.2) is 0 Å². The molecule has 2 rings (SSSR count). The van der Waals surface area contributed by atoms with Gasteiger partial charge in [0.1, 0.15) is 17.5 Å². The van der Waals surface area contributed by atoms with E-state index in [9.17, 15) is 13.2 Å². The largest absolute Gasteiger partial charge is 0.378 e. The van der Waals surface area contributed by atoms with E-state index < -0.39 is 17.5 Å². The predicted molar refractivity (Wildman–Crippen MR) is 72.8 cm³/mol. The molecule has 2 aromatic rings. The summed E-state index contributed by atoms with van der Waals surface area (Å²) in [5.74, 6) is -1.62. The van der Waals surface area contributed by atoms with Crippen LogP contribution in [0.25, 0.3) is 0 Å². The summed E-state index contributed by atoms with van der Waals surface area (Å²) in [6.07, 6.45) is 0. The van der Waals surface area contributed by atoms with Gasteiger partial charge in [-0.2, -0.15) is 0 Å². The summed E-state index contributed by atoms with van der Waals surface area (Å²) in [4.78, 5) is 0. The highest BCUT2D eigenvalue weighted by Gasteiger charge is 2.09. The molecule has 1 N–H and O–H groups in total. The third-order valence-electron chi connectivity index (χ3n) is 2.49. The van der Waals surface area contributed by atoms with Gasteiger partial charge in [-0.1, -0.05) is 17.7 Å². The molecule has 6 heteroatoms. The van der Waals surface area contributed by atoms with Crippen molar-refractivity contribution < 1.29 is 13.2 Å². The van der Waals surface area contributed by atoms with Crippen LogP contribution in [0.1, 0.15) is 5.56 Å². The molecule has 0 saturated heterocycles. The summed E-state index contributed by atoms with van der Waals surface area (Å²) in [6, 6.07) is 5.97. The fraction of sp³-hybridized carbons (Fsp3) is 0.0769. The molecule has 0 saturated carbocycles. The molecule has 0 heterocycles. The van der Waals surface area contributed by atoms with E-state index in [0.717, 1.165) is 18.2 Å². The van der Waals surface area contributed by atoms with Crippen molar-refractivity contribution >= 4 is 33.2 Å². The Kier molecular flexibility index (Phi) is 4.37. The summed E-state index contributed by atoms with van der Waals surface area (Å²) in [5.41, 5.74) is 0.604. The molecule has 0 aliphatic carbocycles. The Labute approximate surface area is 121 Å². The van der Waals surface area contributed by atoms with Crippen LogP contribution < -0.4 is 5.32 Å². The third kappa shape index (κ3) is 3.42. The molecular weight excluding hydrogens is 343 g/mol. The molecule has 2 aromatic carbocycles. The number of anilines is 1. The fourth-order valence-electron chi connectivity index (χ4n) is 1.51. The van der Waals surface area contributed by atoms with Gasteiger partial charge >= 0.3 is 0 Å². The Balaban J connectivity index is 2.16. The van der Waals surface area contributed by atoms with Crippen LogP contribution in [-0.2, 0) is 6.54 Å². The first-order valence-electron chi connectivity index (χ1n) is 5.29. The molecule has 0 bridgehead atoms. The highest BCUT2D eigenvalue weighted by molar-refractivity contribution is 9.10. The number of hydrogen-bond donors (Lipinski definition) is 1. The second-order valence-corrected chi connectivity index (χ2v) is 5.10. The van der Waals surface area contributed by atoms with Gasteiger partial charge in [-0.3, -0.25) is 0 Å². The fourth-order valence-corrected chi connectivity index (χ4v) is 2.06. The Hall–Kier alpha value is -1.20. The van der Waals surface area contributed by atoms with E-state index in [2.05, 4.69) is 21.2 Å². The maximum atomic E-state index is 13.5. The zero-order chi connectivity index (χ0) is 14.0. The Morgan fingerprint density at radius 3 is 2.47 bits per heavy atom. The number of halogens is 5. The lowest BCUT2D eigenvalue weighted by atomic mass is 10.2. The zero-order valence-corrected chi connectivity index (χ0v) is 11.8.